The van der Waals surface area contributed by atoms with Gasteiger partial charge in [0.05, 0.1) is 0 Å². The molecule has 0 amide bonds. The number of nitrogens with zero attached hydrogens (tertiary/aromatic N) is 6. The maximum absolute atomic E-state index is 15.2. The Balaban J connectivity index is 1.21. The third kappa shape index (κ3) is 6.62. The number of benzene rings is 4. The number of H-pyrrole nitrogens is 2. The molecule has 5 heterocycles. The van der Waals surface area contributed by atoms with Crippen molar-refractivity contribution in [2.75, 3.05) is 0 Å². The Bertz CT molecular complexity index is 3330. The quantitative estimate of drug-likeness (QED) is 0.109. The van der Waals surface area contributed by atoms with Crippen molar-refractivity contribution in [1.82, 2.24) is 39.9 Å². The van der Waals surface area contributed by atoms with Crippen molar-refractivity contribution < 1.29 is 77.7 Å². The monoisotopic (exact) mass is 1070 g/mol. The van der Waals surface area contributed by atoms with Crippen LogP contribution in [0.5, 0.6) is 0 Å². The molecule has 2 radical (unpaired) electrons. The zero-order valence-corrected chi connectivity index (χ0v) is 35.0. The number of halogens is 17. The molecule has 3 aromatic heterocycles. The van der Waals surface area contributed by atoms with E-state index in [4.69, 9.17) is 9.97 Å². The first kappa shape index (κ1) is 45.9. The van der Waals surface area contributed by atoms with Crippen molar-refractivity contribution in [3.63, 3.8) is 0 Å². The van der Waals surface area contributed by atoms with Gasteiger partial charge in [0.1, 0.15) is 0 Å². The van der Waals surface area contributed by atoms with Crippen LogP contribution in [0.4, 0.5) is 74.6 Å². The fourth-order valence-electron chi connectivity index (χ4n) is 7.11. The average Bonchev–Trinajstić information content (AvgIpc) is 4.01. The Labute approximate surface area is 370 Å². The molecule has 27 heteroatoms. The molecule has 0 saturated carbocycles. The third-order valence-electron chi connectivity index (χ3n) is 10.6. The van der Waals surface area contributed by atoms with E-state index in [9.17, 15) is 65.9 Å². The number of fused-ring (bicyclic) bond motifs is 20. The molecule has 9 nitrogen and oxygen atoms in total. The van der Waals surface area contributed by atoms with Crippen LogP contribution in [0.25, 0.3) is 89.7 Å². The second-order valence-electron chi connectivity index (χ2n) is 14.6. The summed E-state index contributed by atoms with van der Waals surface area (Å²) in [5.41, 5.74) is 1.69. The molecule has 0 aliphatic carbocycles. The van der Waals surface area contributed by atoms with Crippen molar-refractivity contribution in [1.29, 1.82) is 0 Å². The Hall–Kier alpha value is -6.19. The number of hydrogen-bond donors (Lipinski definition) is 2. The zero-order valence-electron chi connectivity index (χ0n) is 32.2. The van der Waals surface area contributed by atoms with E-state index in [2.05, 4.69) is 33.0 Å². The molecule has 2 aliphatic rings. The van der Waals surface area contributed by atoms with Gasteiger partial charge in [-0.3, -0.25) is 0 Å². The van der Waals surface area contributed by atoms with Crippen LogP contribution in [-0.2, 0) is 3.07 Å². The molecule has 67 heavy (non-hydrogen) atoms. The molecule has 0 fully saturated rings. The van der Waals surface area contributed by atoms with Gasteiger partial charge in [-0.2, -0.15) is 0 Å². The summed E-state index contributed by atoms with van der Waals surface area (Å²) in [5.74, 6) is -50.9. The fourth-order valence-corrected chi connectivity index (χ4v) is 9.64. The molecular formula is C40H17F17N8OSn. The van der Waals surface area contributed by atoms with Gasteiger partial charge in [0, 0.05) is 0 Å². The average molecular weight is 1070 g/mol. The summed E-state index contributed by atoms with van der Waals surface area (Å²) < 4.78 is 242. The van der Waals surface area contributed by atoms with Crippen LogP contribution in [0.2, 0.25) is 0 Å². The van der Waals surface area contributed by atoms with Crippen LogP contribution in [-0.4, -0.2) is 109 Å². The van der Waals surface area contributed by atoms with Gasteiger partial charge in [0.25, 0.3) is 0 Å². The van der Waals surface area contributed by atoms with Gasteiger partial charge in [-0.1, -0.05) is 6.07 Å². The number of rotatable bonds is 9. The predicted octanol–water partition coefficient (Wildman–Crippen LogP) is 11.1. The second kappa shape index (κ2) is 14.9. The Morgan fingerprint density at radius 1 is 0.358 bits per heavy atom. The minimum atomic E-state index is -8.77. The van der Waals surface area contributed by atoms with Crippen LogP contribution in [0.1, 0.15) is 0 Å². The summed E-state index contributed by atoms with van der Waals surface area (Å²) in [5, 5.41) is 0.836. The summed E-state index contributed by atoms with van der Waals surface area (Å²) in [6.45, 7) is 0. The van der Waals surface area contributed by atoms with E-state index in [0.717, 1.165) is 12.1 Å². The van der Waals surface area contributed by atoms with Crippen molar-refractivity contribution in [2.45, 2.75) is 47.8 Å². The Morgan fingerprint density at radius 2 is 0.701 bits per heavy atom. The predicted molar refractivity (Wildman–Crippen MR) is 203 cm³/mol. The number of aromatic nitrogens is 8. The molecule has 0 saturated heterocycles. The van der Waals surface area contributed by atoms with E-state index in [1.54, 1.807) is 72.8 Å². The molecule has 8 bridgehead atoms. The zero-order chi connectivity index (χ0) is 48.5. The molecule has 2 N–H and O–H groups in total. The number of aromatic amines is 2. The second-order valence-corrected chi connectivity index (χ2v) is 17.3. The topological polar surface area (TPSA) is 118 Å². The van der Waals surface area contributed by atoms with E-state index < -0.39 is 73.0 Å². The summed E-state index contributed by atoms with van der Waals surface area (Å²) in [7, 11) is 0. The number of alkyl halides is 17. The molecule has 346 valence electrons. The van der Waals surface area contributed by atoms with Gasteiger partial charge < -0.3 is 0 Å². The van der Waals surface area contributed by atoms with Gasteiger partial charge >= 0.3 is 365 Å². The van der Waals surface area contributed by atoms with Gasteiger partial charge in [-0.25, -0.2) is 0 Å². The normalized spacial score (nSPS) is 14.2. The molecule has 0 atom stereocenters. The van der Waals surface area contributed by atoms with E-state index in [0.29, 0.717) is 38.7 Å². The Morgan fingerprint density at radius 3 is 1.13 bits per heavy atom. The molecule has 2 aliphatic heterocycles. The summed E-state index contributed by atoms with van der Waals surface area (Å²) >= 11 is -4.20. The van der Waals surface area contributed by atoms with Gasteiger partial charge in [0.15, 0.2) is 0 Å². The first-order chi connectivity index (χ1) is 31.1. The fraction of sp³-hybridized carbons (Fsp3) is 0.200. The van der Waals surface area contributed by atoms with Gasteiger partial charge in [-0.15, -0.1) is 0 Å². The van der Waals surface area contributed by atoms with Crippen LogP contribution < -0.4 is 3.58 Å². The molecular weight excluding hydrogens is 1050 g/mol. The van der Waals surface area contributed by atoms with Gasteiger partial charge in [-0.05, 0) is 0 Å². The van der Waals surface area contributed by atoms with E-state index in [1.807, 2.05) is 0 Å². The maximum atomic E-state index is 15.2. The SMILES string of the molecule is FC(F)(F)C(F)(F)C(F)(F)C(F)(F)C(F)(F)C(F)(F)C(F)(F)C(F)(F)[O][Sn][c]1cccc2c3nc4nc(nc5[nH]c(nc6nc(nc([nH]3)c12)-c1ccccc1-6)c1ccccc51)-c1ccccc1-4. The van der Waals surface area contributed by atoms with Crippen LogP contribution in [0.15, 0.2) is 91.0 Å². The molecule has 0 spiro atoms. The summed E-state index contributed by atoms with van der Waals surface area (Å²) in [6.07, 6.45) is -14.9. The van der Waals surface area contributed by atoms with Crippen LogP contribution in [0, 0.1) is 0 Å². The van der Waals surface area contributed by atoms with E-state index in [1.165, 1.54) is 6.07 Å². The molecule has 9 rings (SSSR count). The summed E-state index contributed by atoms with van der Waals surface area (Å²) in [4.78, 5) is 33.8. The first-order valence-electron chi connectivity index (χ1n) is 18.5. The van der Waals surface area contributed by atoms with Crippen molar-refractivity contribution in [3.8, 4) is 45.6 Å². The Kier molecular flexibility index (Phi) is 10.2. The van der Waals surface area contributed by atoms with Gasteiger partial charge in [0.2, 0.25) is 0 Å². The first-order valence-corrected chi connectivity index (χ1v) is 21.1. The summed E-state index contributed by atoms with van der Waals surface area (Å²) in [6, 6.07) is 23.3. The van der Waals surface area contributed by atoms with Crippen molar-refractivity contribution >= 4 is 69.3 Å². The number of hydrogen-bond acceptors (Lipinski definition) is 7. The molecule has 7 aromatic rings. The minimum absolute atomic E-state index is 0.0116. The van der Waals surface area contributed by atoms with E-state index in [-0.39, 0.29) is 51.0 Å². The standard InChI is InChI=1S/C32H17N8.C8F17O.Sn/c1-2-10-18-17(9-1)25-33-26(18)38-28-21-13-5-6-14-22(21)30(35-28)40-32-24-16-8-7-15-23(24)31(36-32)39-29-20-12-4-3-11-19(20)27(34-29)37-25;9-1(10,3(13,14)5(17,18)7(21,22)23)2(11,12)4(15,16)6(19,20)8(24,25)26;/h1-15H,(H2,33,34,35,36,37,38,39,40);;/q;-1;+1. The van der Waals surface area contributed by atoms with Crippen molar-refractivity contribution in [3.05, 3.63) is 91.0 Å². The molecule has 4 aromatic carbocycles. The molecule has 0 unspecified atom stereocenters. The van der Waals surface area contributed by atoms with E-state index >= 15 is 8.78 Å². The third-order valence-corrected chi connectivity index (χ3v) is 13.4. The number of nitrogens with one attached hydrogen (secondary N) is 2. The van der Waals surface area contributed by atoms with Crippen molar-refractivity contribution in [2.24, 2.45) is 0 Å². The van der Waals surface area contributed by atoms with Crippen LogP contribution >= 0.6 is 0 Å². The van der Waals surface area contributed by atoms with Crippen LogP contribution in [0.3, 0.4) is 0 Å².